The molecule has 3 rings (SSSR count). The molecular weight excluding hydrogens is 447 g/mol. The number of aliphatic carboxylic acids is 1. The Hall–Kier alpha value is -3.84. The van der Waals surface area contributed by atoms with Crippen LogP contribution in [0.15, 0.2) is 76.5 Å². The van der Waals surface area contributed by atoms with Crippen LogP contribution in [0.2, 0.25) is 0 Å². The lowest BCUT2D eigenvalue weighted by atomic mass is 10.1. The van der Waals surface area contributed by atoms with Crippen molar-refractivity contribution in [3.63, 3.8) is 0 Å². The molecule has 0 spiro atoms. The summed E-state index contributed by atoms with van der Waals surface area (Å²) in [5.74, 6) is -1.85. The lowest BCUT2D eigenvalue weighted by molar-refractivity contribution is -0.138. The van der Waals surface area contributed by atoms with Crippen molar-refractivity contribution in [2.24, 2.45) is 0 Å². The van der Waals surface area contributed by atoms with Crippen LogP contribution in [0.3, 0.4) is 0 Å². The third-order valence-electron chi connectivity index (χ3n) is 4.31. The second kappa shape index (κ2) is 8.72. The summed E-state index contributed by atoms with van der Waals surface area (Å²) in [6.45, 7) is 0. The van der Waals surface area contributed by atoms with Gasteiger partial charge in [-0.05, 0) is 54.1 Å². The quantitative estimate of drug-likeness (QED) is 0.564. The van der Waals surface area contributed by atoms with Gasteiger partial charge in [0.25, 0.3) is 0 Å². The van der Waals surface area contributed by atoms with E-state index in [1.807, 2.05) is 0 Å². The third-order valence-corrected chi connectivity index (χ3v) is 6.08. The average Bonchev–Trinajstić information content (AvgIpc) is 2.73. The van der Waals surface area contributed by atoms with Crippen molar-refractivity contribution in [3.8, 4) is 17.6 Å². The number of carboxylic acid groups (broad SMARTS) is 1. The fourth-order valence-corrected chi connectivity index (χ4v) is 4.18. The van der Waals surface area contributed by atoms with Crippen molar-refractivity contribution in [1.82, 2.24) is 0 Å². The van der Waals surface area contributed by atoms with E-state index in [1.54, 1.807) is 12.1 Å². The van der Waals surface area contributed by atoms with Gasteiger partial charge in [-0.1, -0.05) is 18.2 Å². The SMILES string of the molecule is N#Cc1cc(S(=O)(=O)c2ccccc2)ccc1Oc1cc(CC(=O)O)cc(C(F)(F)F)c1. The number of carboxylic acids is 1. The van der Waals surface area contributed by atoms with Gasteiger partial charge < -0.3 is 9.84 Å². The van der Waals surface area contributed by atoms with Gasteiger partial charge in [0.15, 0.2) is 0 Å². The van der Waals surface area contributed by atoms with E-state index in [2.05, 4.69) is 0 Å². The van der Waals surface area contributed by atoms with Crippen LogP contribution in [0, 0.1) is 11.3 Å². The van der Waals surface area contributed by atoms with E-state index < -0.39 is 34.0 Å². The van der Waals surface area contributed by atoms with Gasteiger partial charge >= 0.3 is 12.1 Å². The summed E-state index contributed by atoms with van der Waals surface area (Å²) in [7, 11) is -3.93. The highest BCUT2D eigenvalue weighted by Gasteiger charge is 2.32. The zero-order valence-corrected chi connectivity index (χ0v) is 16.9. The van der Waals surface area contributed by atoms with Gasteiger partial charge in [-0.3, -0.25) is 4.79 Å². The summed E-state index contributed by atoms with van der Waals surface area (Å²) in [4.78, 5) is 10.7. The summed E-state index contributed by atoms with van der Waals surface area (Å²) < 4.78 is 70.5. The first kappa shape index (κ1) is 22.8. The van der Waals surface area contributed by atoms with Gasteiger partial charge in [0.05, 0.1) is 27.3 Å². The number of hydrogen-bond acceptors (Lipinski definition) is 5. The van der Waals surface area contributed by atoms with E-state index in [1.165, 1.54) is 30.3 Å². The zero-order valence-electron chi connectivity index (χ0n) is 16.1. The highest BCUT2D eigenvalue weighted by Crippen LogP contribution is 2.35. The third kappa shape index (κ3) is 5.07. The first-order chi connectivity index (χ1) is 15.0. The number of nitrogens with zero attached hydrogens (tertiary/aromatic N) is 1. The molecule has 0 saturated carbocycles. The smallest absolute Gasteiger partial charge is 0.416 e. The van der Waals surface area contributed by atoms with Crippen LogP contribution in [-0.4, -0.2) is 19.5 Å². The van der Waals surface area contributed by atoms with E-state index in [4.69, 9.17) is 9.84 Å². The molecule has 0 aliphatic heterocycles. The minimum absolute atomic E-state index is 0.00810. The molecule has 0 unspecified atom stereocenters. The molecule has 0 radical (unpaired) electrons. The fraction of sp³-hybridized carbons (Fsp3) is 0.0909. The molecule has 0 aliphatic rings. The minimum Gasteiger partial charge on any atom is -0.481 e. The molecule has 0 bridgehead atoms. The lowest BCUT2D eigenvalue weighted by Gasteiger charge is -2.14. The fourth-order valence-electron chi connectivity index (χ4n) is 2.88. The number of ether oxygens (including phenoxy) is 1. The van der Waals surface area contributed by atoms with Crippen molar-refractivity contribution in [2.45, 2.75) is 22.4 Å². The Morgan fingerprint density at radius 3 is 2.28 bits per heavy atom. The summed E-state index contributed by atoms with van der Waals surface area (Å²) in [5.41, 5.74) is -1.49. The van der Waals surface area contributed by atoms with Gasteiger partial charge in [-0.2, -0.15) is 18.4 Å². The van der Waals surface area contributed by atoms with Crippen LogP contribution in [0.1, 0.15) is 16.7 Å². The molecule has 0 saturated heterocycles. The van der Waals surface area contributed by atoms with Crippen LogP contribution in [0.5, 0.6) is 11.5 Å². The Labute approximate surface area is 181 Å². The van der Waals surface area contributed by atoms with Gasteiger partial charge in [-0.25, -0.2) is 8.42 Å². The summed E-state index contributed by atoms with van der Waals surface area (Å²) >= 11 is 0. The number of nitriles is 1. The van der Waals surface area contributed by atoms with Gasteiger partial charge in [0, 0.05) is 0 Å². The monoisotopic (exact) mass is 461 g/mol. The van der Waals surface area contributed by atoms with Crippen molar-refractivity contribution >= 4 is 15.8 Å². The highest BCUT2D eigenvalue weighted by molar-refractivity contribution is 7.91. The maximum absolute atomic E-state index is 13.2. The van der Waals surface area contributed by atoms with E-state index in [-0.39, 0.29) is 32.4 Å². The molecule has 1 N–H and O–H groups in total. The highest BCUT2D eigenvalue weighted by atomic mass is 32.2. The molecule has 0 amide bonds. The van der Waals surface area contributed by atoms with Crippen molar-refractivity contribution in [1.29, 1.82) is 5.26 Å². The first-order valence-corrected chi connectivity index (χ1v) is 10.4. The normalized spacial score (nSPS) is 11.6. The summed E-state index contributed by atoms with van der Waals surface area (Å²) in [5, 5.41) is 18.3. The van der Waals surface area contributed by atoms with E-state index in [0.29, 0.717) is 12.1 Å². The van der Waals surface area contributed by atoms with E-state index in [9.17, 15) is 31.6 Å². The molecule has 32 heavy (non-hydrogen) atoms. The van der Waals surface area contributed by atoms with Crippen LogP contribution < -0.4 is 4.74 Å². The second-order valence-electron chi connectivity index (χ2n) is 6.62. The maximum Gasteiger partial charge on any atom is 0.416 e. The topological polar surface area (TPSA) is 104 Å². The molecule has 0 aromatic heterocycles. The lowest BCUT2D eigenvalue weighted by Crippen LogP contribution is -2.08. The van der Waals surface area contributed by atoms with Crippen LogP contribution in [0.25, 0.3) is 0 Å². The van der Waals surface area contributed by atoms with E-state index in [0.717, 1.165) is 18.2 Å². The van der Waals surface area contributed by atoms with Crippen molar-refractivity contribution in [3.05, 3.63) is 83.4 Å². The Morgan fingerprint density at radius 1 is 1.00 bits per heavy atom. The zero-order chi connectivity index (χ0) is 23.5. The largest absolute Gasteiger partial charge is 0.481 e. The number of halogens is 3. The van der Waals surface area contributed by atoms with Crippen LogP contribution in [0.4, 0.5) is 13.2 Å². The predicted molar refractivity (Wildman–Crippen MR) is 106 cm³/mol. The van der Waals surface area contributed by atoms with Crippen LogP contribution >= 0.6 is 0 Å². The molecule has 10 heteroatoms. The minimum atomic E-state index is -4.75. The number of carbonyl (C=O) groups is 1. The van der Waals surface area contributed by atoms with Crippen LogP contribution in [-0.2, 0) is 27.2 Å². The molecule has 0 aliphatic carbocycles. The second-order valence-corrected chi connectivity index (χ2v) is 8.57. The number of rotatable bonds is 6. The molecule has 3 aromatic rings. The number of sulfone groups is 1. The molecule has 0 fully saturated rings. The Morgan fingerprint density at radius 2 is 1.69 bits per heavy atom. The maximum atomic E-state index is 13.2. The molecule has 164 valence electrons. The van der Waals surface area contributed by atoms with Gasteiger partial charge in [-0.15, -0.1) is 0 Å². The Bertz CT molecular complexity index is 1310. The molecule has 0 atom stereocenters. The number of alkyl halides is 3. The Kier molecular flexibility index (Phi) is 6.23. The standard InChI is InChI=1S/C22H14F3NO5S/c23-22(24,25)16-8-14(10-21(27)28)9-17(12-16)31-20-7-6-19(11-15(20)13-26)32(29,30)18-4-2-1-3-5-18/h1-9,11-12H,10H2,(H,27,28). The Balaban J connectivity index is 2.01. The molecule has 0 heterocycles. The average molecular weight is 461 g/mol. The molecule has 6 nitrogen and oxygen atoms in total. The summed E-state index contributed by atoms with van der Waals surface area (Å²) in [6.07, 6.45) is -5.42. The molecular formula is C22H14F3NO5S. The number of benzene rings is 3. The van der Waals surface area contributed by atoms with Crippen molar-refractivity contribution in [2.75, 3.05) is 0 Å². The number of hydrogen-bond donors (Lipinski definition) is 1. The summed E-state index contributed by atoms with van der Waals surface area (Å²) in [6, 6.07) is 15.1. The van der Waals surface area contributed by atoms with Gasteiger partial charge in [0.2, 0.25) is 9.84 Å². The molecule has 3 aromatic carbocycles. The van der Waals surface area contributed by atoms with Crippen molar-refractivity contribution < 1.29 is 36.2 Å². The van der Waals surface area contributed by atoms with E-state index >= 15 is 0 Å². The first-order valence-electron chi connectivity index (χ1n) is 8.96. The predicted octanol–water partition coefficient (Wildman–Crippen LogP) is 4.83. The van der Waals surface area contributed by atoms with Gasteiger partial charge in [0.1, 0.15) is 17.6 Å².